The van der Waals surface area contributed by atoms with Gasteiger partial charge in [-0.15, -0.1) is 0 Å². The lowest BCUT2D eigenvalue weighted by molar-refractivity contribution is -0.127. The first-order valence-electron chi connectivity index (χ1n) is 8.65. The Balaban J connectivity index is 1.71. The highest BCUT2D eigenvalue weighted by molar-refractivity contribution is 5.85. The minimum atomic E-state index is -0.321. The Hall–Kier alpha value is -2.66. The number of nitrogens with one attached hydrogen (secondary N) is 1. The van der Waals surface area contributed by atoms with Gasteiger partial charge in [-0.1, -0.05) is 36.8 Å². The molecule has 5 heteroatoms. The summed E-state index contributed by atoms with van der Waals surface area (Å²) in [5, 5.41) is 13.4. The van der Waals surface area contributed by atoms with Gasteiger partial charge in [0, 0.05) is 0 Å². The summed E-state index contributed by atoms with van der Waals surface area (Å²) in [5.74, 6) is 0.0820. The zero-order chi connectivity index (χ0) is 17.5. The van der Waals surface area contributed by atoms with Crippen LogP contribution in [0.25, 0.3) is 0 Å². The average Bonchev–Trinajstić information content (AvgIpc) is 2.65. The maximum Gasteiger partial charge on any atom is 0.262 e. The number of likely N-dealkylation sites (tertiary alicyclic amines) is 1. The van der Waals surface area contributed by atoms with Crippen LogP contribution in [0.4, 0.5) is 0 Å². The van der Waals surface area contributed by atoms with Crippen LogP contribution in [-0.2, 0) is 4.79 Å². The number of benzene rings is 2. The highest BCUT2D eigenvalue weighted by Gasteiger charge is 2.28. The number of hydrogen-bond acceptors (Lipinski definition) is 4. The van der Waals surface area contributed by atoms with E-state index in [0.717, 1.165) is 37.1 Å². The zero-order valence-electron chi connectivity index (χ0n) is 14.1. The summed E-state index contributed by atoms with van der Waals surface area (Å²) in [5.41, 5.74) is 4.47. The Morgan fingerprint density at radius 3 is 2.40 bits per heavy atom. The van der Waals surface area contributed by atoms with Crippen LogP contribution < -0.4 is 5.43 Å². The first-order chi connectivity index (χ1) is 12.2. The van der Waals surface area contributed by atoms with Gasteiger partial charge in [0.2, 0.25) is 0 Å². The zero-order valence-corrected chi connectivity index (χ0v) is 14.1. The van der Waals surface area contributed by atoms with Gasteiger partial charge in [-0.05, 0) is 61.3 Å². The van der Waals surface area contributed by atoms with E-state index in [1.54, 1.807) is 30.5 Å². The summed E-state index contributed by atoms with van der Waals surface area (Å²) in [7, 11) is 0. The summed E-state index contributed by atoms with van der Waals surface area (Å²) >= 11 is 0. The molecule has 1 atom stereocenters. The number of piperidine rings is 1. The van der Waals surface area contributed by atoms with Crippen molar-refractivity contribution in [2.75, 3.05) is 13.1 Å². The molecule has 2 aromatic rings. The van der Waals surface area contributed by atoms with E-state index in [0.29, 0.717) is 0 Å². The normalized spacial score (nSPS) is 16.6. The van der Waals surface area contributed by atoms with Crippen molar-refractivity contribution in [2.24, 2.45) is 5.10 Å². The molecule has 1 amide bonds. The molecule has 0 aliphatic carbocycles. The average molecular weight is 337 g/mol. The number of nitrogens with zero attached hydrogens (tertiary/aromatic N) is 2. The fourth-order valence-electron chi connectivity index (χ4n) is 3.13. The molecule has 25 heavy (non-hydrogen) atoms. The second kappa shape index (κ2) is 8.44. The lowest BCUT2D eigenvalue weighted by Gasteiger charge is -2.33. The molecule has 130 valence electrons. The number of hydrogen-bond donors (Lipinski definition) is 2. The maximum absolute atomic E-state index is 12.8. The fourth-order valence-corrected chi connectivity index (χ4v) is 3.13. The van der Waals surface area contributed by atoms with Crippen LogP contribution in [0.15, 0.2) is 59.7 Å². The number of carbonyl (C=O) groups is 1. The number of amides is 1. The number of carbonyl (C=O) groups excluding carboxylic acids is 1. The Morgan fingerprint density at radius 2 is 1.72 bits per heavy atom. The first-order valence-corrected chi connectivity index (χ1v) is 8.65. The van der Waals surface area contributed by atoms with Crippen molar-refractivity contribution in [3.63, 3.8) is 0 Å². The maximum atomic E-state index is 12.8. The first kappa shape index (κ1) is 17.2. The van der Waals surface area contributed by atoms with Gasteiger partial charge in [-0.3, -0.25) is 9.69 Å². The van der Waals surface area contributed by atoms with Crippen LogP contribution in [0.1, 0.15) is 36.4 Å². The van der Waals surface area contributed by atoms with Crippen molar-refractivity contribution in [1.82, 2.24) is 10.3 Å². The molecule has 0 spiro atoms. The minimum absolute atomic E-state index is 0.122. The van der Waals surface area contributed by atoms with Gasteiger partial charge in [0.05, 0.1) is 6.21 Å². The molecule has 1 heterocycles. The number of rotatable bonds is 5. The molecular weight excluding hydrogens is 314 g/mol. The van der Waals surface area contributed by atoms with E-state index in [-0.39, 0.29) is 17.7 Å². The fraction of sp³-hybridized carbons (Fsp3) is 0.300. The van der Waals surface area contributed by atoms with Crippen LogP contribution in [0, 0.1) is 0 Å². The third-order valence-electron chi connectivity index (χ3n) is 4.40. The standard InChI is InChI=1S/C20H23N3O2/c24-18-11-9-16(10-12-18)15-21-22-20(25)19(17-7-3-1-4-8-17)23-13-5-2-6-14-23/h1,3-4,7-12,15,19,24H,2,5-6,13-14H2,(H,22,25). The Labute approximate surface area is 148 Å². The van der Waals surface area contributed by atoms with Gasteiger partial charge >= 0.3 is 0 Å². The van der Waals surface area contributed by atoms with Crippen LogP contribution in [-0.4, -0.2) is 35.2 Å². The van der Waals surface area contributed by atoms with Crippen LogP contribution in [0.2, 0.25) is 0 Å². The summed E-state index contributed by atoms with van der Waals surface area (Å²) in [6.45, 7) is 1.85. The molecule has 0 bridgehead atoms. The SMILES string of the molecule is O=C(NN=Cc1ccc(O)cc1)C(c1ccccc1)N1CCCCC1. The number of phenolic OH excluding ortho intramolecular Hbond substituents is 1. The van der Waals surface area contributed by atoms with Gasteiger partial charge in [0.15, 0.2) is 0 Å². The molecule has 1 saturated heterocycles. The molecule has 5 nitrogen and oxygen atoms in total. The molecule has 0 saturated carbocycles. The van der Waals surface area contributed by atoms with E-state index < -0.39 is 0 Å². The van der Waals surface area contributed by atoms with E-state index in [9.17, 15) is 9.90 Å². The Bertz CT molecular complexity index is 707. The summed E-state index contributed by atoms with van der Waals surface area (Å²) in [6.07, 6.45) is 5.04. The van der Waals surface area contributed by atoms with Crippen molar-refractivity contribution in [2.45, 2.75) is 25.3 Å². The van der Waals surface area contributed by atoms with Gasteiger partial charge in [-0.25, -0.2) is 5.43 Å². The van der Waals surface area contributed by atoms with Crippen LogP contribution in [0.5, 0.6) is 5.75 Å². The summed E-state index contributed by atoms with van der Waals surface area (Å²) in [6, 6.07) is 16.2. The topological polar surface area (TPSA) is 64.9 Å². The monoisotopic (exact) mass is 337 g/mol. The molecule has 0 aromatic heterocycles. The molecule has 1 aliphatic heterocycles. The Morgan fingerprint density at radius 1 is 1.04 bits per heavy atom. The van der Waals surface area contributed by atoms with E-state index >= 15 is 0 Å². The van der Waals surface area contributed by atoms with Crippen LogP contribution in [0.3, 0.4) is 0 Å². The summed E-state index contributed by atoms with van der Waals surface area (Å²) < 4.78 is 0. The minimum Gasteiger partial charge on any atom is -0.508 e. The number of hydrazone groups is 1. The highest BCUT2D eigenvalue weighted by Crippen LogP contribution is 2.24. The smallest absolute Gasteiger partial charge is 0.262 e. The molecule has 2 N–H and O–H groups in total. The molecule has 2 aromatic carbocycles. The van der Waals surface area contributed by atoms with Gasteiger partial charge in [0.25, 0.3) is 5.91 Å². The lowest BCUT2D eigenvalue weighted by atomic mass is 10.0. The van der Waals surface area contributed by atoms with Crippen molar-refractivity contribution < 1.29 is 9.90 Å². The van der Waals surface area contributed by atoms with Gasteiger partial charge < -0.3 is 5.11 Å². The van der Waals surface area contributed by atoms with Crippen molar-refractivity contribution in [1.29, 1.82) is 0 Å². The third kappa shape index (κ3) is 4.67. The largest absolute Gasteiger partial charge is 0.508 e. The van der Waals surface area contributed by atoms with E-state index in [2.05, 4.69) is 15.4 Å². The predicted molar refractivity (Wildman–Crippen MR) is 98.5 cm³/mol. The van der Waals surface area contributed by atoms with Crippen LogP contribution >= 0.6 is 0 Å². The van der Waals surface area contributed by atoms with E-state index in [1.165, 1.54) is 6.42 Å². The van der Waals surface area contributed by atoms with Crippen molar-refractivity contribution >= 4 is 12.1 Å². The number of phenols is 1. The Kier molecular flexibility index (Phi) is 5.80. The summed E-state index contributed by atoms with van der Waals surface area (Å²) in [4.78, 5) is 15.0. The predicted octanol–water partition coefficient (Wildman–Crippen LogP) is 3.07. The van der Waals surface area contributed by atoms with Gasteiger partial charge in [-0.2, -0.15) is 5.10 Å². The second-order valence-corrected chi connectivity index (χ2v) is 6.24. The second-order valence-electron chi connectivity index (χ2n) is 6.24. The molecule has 1 fully saturated rings. The highest BCUT2D eigenvalue weighted by atomic mass is 16.3. The molecule has 3 rings (SSSR count). The van der Waals surface area contributed by atoms with Gasteiger partial charge in [0.1, 0.15) is 11.8 Å². The molecule has 0 radical (unpaired) electrons. The van der Waals surface area contributed by atoms with E-state index in [4.69, 9.17) is 0 Å². The molecular formula is C20H23N3O2. The molecule has 1 aliphatic rings. The molecule has 1 unspecified atom stereocenters. The lowest BCUT2D eigenvalue weighted by Crippen LogP contribution is -2.41. The van der Waals surface area contributed by atoms with E-state index in [1.807, 2.05) is 30.3 Å². The van der Waals surface area contributed by atoms with Crippen molar-refractivity contribution in [3.05, 3.63) is 65.7 Å². The van der Waals surface area contributed by atoms with Crippen molar-refractivity contribution in [3.8, 4) is 5.75 Å². The number of aromatic hydroxyl groups is 1. The third-order valence-corrected chi connectivity index (χ3v) is 4.40. The quantitative estimate of drug-likeness (QED) is 0.651.